The number of benzene rings is 1. The lowest BCUT2D eigenvalue weighted by Crippen LogP contribution is -2.48. The van der Waals surface area contributed by atoms with Crippen molar-refractivity contribution in [3.05, 3.63) is 51.2 Å². The minimum atomic E-state index is -0.480. The Bertz CT molecular complexity index is 1280. The van der Waals surface area contributed by atoms with Crippen LogP contribution in [0.25, 0.3) is 22.4 Å². The second-order valence-corrected chi connectivity index (χ2v) is 8.93. The molecule has 0 unspecified atom stereocenters. The lowest BCUT2D eigenvalue weighted by molar-refractivity contribution is -0.140. The number of rotatable bonds is 4. The summed E-state index contributed by atoms with van der Waals surface area (Å²) >= 11 is 1.19. The molecule has 0 bridgehead atoms. The first-order chi connectivity index (χ1) is 15.3. The van der Waals surface area contributed by atoms with E-state index in [0.29, 0.717) is 23.9 Å². The van der Waals surface area contributed by atoms with E-state index in [1.165, 1.54) is 23.4 Å². The molecule has 1 fully saturated rings. The van der Waals surface area contributed by atoms with E-state index < -0.39 is 11.2 Å². The summed E-state index contributed by atoms with van der Waals surface area (Å²) in [6.07, 6.45) is -0.0573. The van der Waals surface area contributed by atoms with E-state index >= 15 is 0 Å². The molecule has 9 nitrogen and oxygen atoms in total. The Morgan fingerprint density at radius 1 is 1.06 bits per heavy atom. The van der Waals surface area contributed by atoms with Gasteiger partial charge in [-0.25, -0.2) is 14.8 Å². The van der Waals surface area contributed by atoms with Gasteiger partial charge < -0.3 is 9.64 Å². The van der Waals surface area contributed by atoms with Crippen molar-refractivity contribution in [2.24, 2.45) is 14.1 Å². The van der Waals surface area contributed by atoms with Gasteiger partial charge in [0.1, 0.15) is 10.4 Å². The van der Waals surface area contributed by atoms with Gasteiger partial charge in [-0.1, -0.05) is 42.1 Å². The maximum atomic E-state index is 12.9. The number of hydrogen-bond acceptors (Lipinski definition) is 7. The van der Waals surface area contributed by atoms with Crippen LogP contribution >= 0.6 is 11.8 Å². The predicted octanol–water partition coefficient (Wildman–Crippen LogP) is 1.42. The fraction of sp³-hybridized carbons (Fsp3) is 0.409. The highest BCUT2D eigenvalue weighted by molar-refractivity contribution is 8.00. The van der Waals surface area contributed by atoms with Crippen LogP contribution in [0.1, 0.15) is 13.8 Å². The molecule has 0 saturated carbocycles. The van der Waals surface area contributed by atoms with Gasteiger partial charge in [-0.3, -0.25) is 18.7 Å². The van der Waals surface area contributed by atoms with Gasteiger partial charge in [-0.05, 0) is 13.8 Å². The molecule has 0 spiro atoms. The van der Waals surface area contributed by atoms with Crippen molar-refractivity contribution in [3.8, 4) is 11.4 Å². The lowest BCUT2D eigenvalue weighted by Gasteiger charge is -2.35. The molecule has 1 saturated heterocycles. The van der Waals surface area contributed by atoms with Crippen LogP contribution in [0.2, 0.25) is 0 Å². The summed E-state index contributed by atoms with van der Waals surface area (Å²) in [6, 6.07) is 9.33. The van der Waals surface area contributed by atoms with Crippen LogP contribution in [0, 0.1) is 0 Å². The van der Waals surface area contributed by atoms with E-state index in [1.54, 1.807) is 11.9 Å². The Labute approximate surface area is 189 Å². The second kappa shape index (κ2) is 8.87. The van der Waals surface area contributed by atoms with Crippen LogP contribution in [0.15, 0.2) is 44.9 Å². The largest absolute Gasteiger partial charge is 0.372 e. The van der Waals surface area contributed by atoms with E-state index in [1.807, 2.05) is 44.2 Å². The average molecular weight is 456 g/mol. The Balaban J connectivity index is 1.76. The number of carbonyl (C=O) groups is 1. The molecule has 1 aromatic carbocycles. The van der Waals surface area contributed by atoms with Crippen LogP contribution in [0.3, 0.4) is 0 Å². The summed E-state index contributed by atoms with van der Waals surface area (Å²) in [4.78, 5) is 49.2. The molecular formula is C22H25N5O4S. The number of aryl methyl sites for hydroxylation is 1. The van der Waals surface area contributed by atoms with Gasteiger partial charge >= 0.3 is 5.69 Å². The molecule has 2 atom stereocenters. The molecule has 3 aromatic rings. The van der Waals surface area contributed by atoms with Crippen LogP contribution in [-0.4, -0.2) is 61.0 Å². The molecule has 10 heteroatoms. The van der Waals surface area contributed by atoms with E-state index in [-0.39, 0.29) is 34.9 Å². The first kappa shape index (κ1) is 22.2. The molecule has 1 aliphatic rings. The number of hydrogen-bond donors (Lipinski definition) is 0. The highest BCUT2D eigenvalue weighted by atomic mass is 32.2. The smallest absolute Gasteiger partial charge is 0.332 e. The molecule has 32 heavy (non-hydrogen) atoms. The van der Waals surface area contributed by atoms with Gasteiger partial charge in [0.2, 0.25) is 5.91 Å². The van der Waals surface area contributed by atoms with Crippen molar-refractivity contribution in [3.63, 3.8) is 0 Å². The predicted molar refractivity (Wildman–Crippen MR) is 123 cm³/mol. The van der Waals surface area contributed by atoms with Gasteiger partial charge in [0.15, 0.2) is 11.5 Å². The normalized spacial score (nSPS) is 18.8. The Hall–Kier alpha value is -2.98. The summed E-state index contributed by atoms with van der Waals surface area (Å²) < 4.78 is 8.08. The Morgan fingerprint density at radius 3 is 2.38 bits per heavy atom. The molecule has 3 heterocycles. The van der Waals surface area contributed by atoms with Crippen LogP contribution in [-0.2, 0) is 23.6 Å². The van der Waals surface area contributed by atoms with Gasteiger partial charge in [0.25, 0.3) is 5.56 Å². The van der Waals surface area contributed by atoms with Crippen molar-refractivity contribution in [1.29, 1.82) is 0 Å². The Kier molecular flexibility index (Phi) is 6.16. The summed E-state index contributed by atoms with van der Waals surface area (Å²) in [5.74, 6) is 0.461. The third kappa shape index (κ3) is 4.20. The number of nitrogens with zero attached hydrogens (tertiary/aromatic N) is 5. The molecular weight excluding hydrogens is 430 g/mol. The maximum Gasteiger partial charge on any atom is 0.332 e. The van der Waals surface area contributed by atoms with E-state index in [9.17, 15) is 14.4 Å². The van der Waals surface area contributed by atoms with Crippen molar-refractivity contribution in [2.75, 3.05) is 18.8 Å². The topological polar surface area (TPSA) is 99.3 Å². The summed E-state index contributed by atoms with van der Waals surface area (Å²) in [5.41, 5.74) is 0.0526. The molecule has 168 valence electrons. The molecule has 0 N–H and O–H groups in total. The van der Waals surface area contributed by atoms with E-state index in [4.69, 9.17) is 4.74 Å². The molecule has 1 amide bonds. The highest BCUT2D eigenvalue weighted by Gasteiger charge is 2.26. The molecule has 0 radical (unpaired) electrons. The van der Waals surface area contributed by atoms with Gasteiger partial charge in [-0.15, -0.1) is 0 Å². The molecule has 2 aromatic heterocycles. The van der Waals surface area contributed by atoms with Gasteiger partial charge in [0, 0.05) is 32.7 Å². The average Bonchev–Trinajstić information content (AvgIpc) is 2.79. The van der Waals surface area contributed by atoms with Gasteiger partial charge in [-0.2, -0.15) is 0 Å². The fourth-order valence-corrected chi connectivity index (χ4v) is 4.77. The fourth-order valence-electron chi connectivity index (χ4n) is 3.85. The molecule has 4 rings (SSSR count). The third-order valence-electron chi connectivity index (χ3n) is 5.40. The van der Waals surface area contributed by atoms with E-state index in [0.717, 1.165) is 10.1 Å². The highest BCUT2D eigenvalue weighted by Crippen LogP contribution is 2.26. The number of carbonyl (C=O) groups excluding carboxylic acids is 1. The molecule has 1 aliphatic heterocycles. The quantitative estimate of drug-likeness (QED) is 0.433. The van der Waals surface area contributed by atoms with Gasteiger partial charge in [0.05, 0.1) is 18.0 Å². The minimum absolute atomic E-state index is 0.0286. The minimum Gasteiger partial charge on any atom is -0.372 e. The lowest BCUT2D eigenvalue weighted by atomic mass is 10.2. The van der Waals surface area contributed by atoms with Crippen molar-refractivity contribution in [2.45, 2.75) is 31.1 Å². The van der Waals surface area contributed by atoms with Crippen LogP contribution in [0.4, 0.5) is 0 Å². The first-order valence-electron chi connectivity index (χ1n) is 10.4. The number of fused-ring (bicyclic) bond motifs is 1. The Morgan fingerprint density at radius 2 is 1.72 bits per heavy atom. The second-order valence-electron chi connectivity index (χ2n) is 7.97. The van der Waals surface area contributed by atoms with Crippen molar-refractivity contribution >= 4 is 28.7 Å². The zero-order chi connectivity index (χ0) is 23.0. The summed E-state index contributed by atoms with van der Waals surface area (Å²) in [7, 11) is 2.99. The number of ether oxygens (including phenoxy) is 1. The first-order valence-corrected chi connectivity index (χ1v) is 11.3. The standard InChI is InChI=1S/C22H25N5O4S/c1-13-10-27(11-14(2)31-13)16(28)12-32-20-17-19(25(3)22(30)26(4)21(17)29)23-18(24-20)15-8-6-5-7-9-15/h5-9,13-14H,10-12H2,1-4H3/t13-,14-/m1/s1. The van der Waals surface area contributed by atoms with Crippen LogP contribution in [0.5, 0.6) is 0 Å². The monoisotopic (exact) mass is 455 g/mol. The summed E-state index contributed by atoms with van der Waals surface area (Å²) in [6.45, 7) is 4.94. The number of amides is 1. The zero-order valence-corrected chi connectivity index (χ0v) is 19.3. The summed E-state index contributed by atoms with van der Waals surface area (Å²) in [5, 5.41) is 0.614. The van der Waals surface area contributed by atoms with Crippen molar-refractivity contribution < 1.29 is 9.53 Å². The zero-order valence-electron chi connectivity index (χ0n) is 18.4. The van der Waals surface area contributed by atoms with E-state index in [2.05, 4.69) is 9.97 Å². The van der Waals surface area contributed by atoms with Crippen LogP contribution < -0.4 is 11.2 Å². The number of thioether (sulfide) groups is 1. The van der Waals surface area contributed by atoms with Crippen molar-refractivity contribution in [1.82, 2.24) is 24.0 Å². The number of aromatic nitrogens is 4. The SMILES string of the molecule is C[C@@H]1CN(C(=O)CSc2nc(-c3ccccc3)nc3c2c(=O)n(C)c(=O)n3C)C[C@@H](C)O1. The molecule has 0 aliphatic carbocycles. The number of morpholine rings is 1. The maximum absolute atomic E-state index is 12.9. The third-order valence-corrected chi connectivity index (χ3v) is 6.36.